The quantitative estimate of drug-likeness (QED) is 0.923. The molecule has 0 spiro atoms. The zero-order chi connectivity index (χ0) is 14.8. The first-order valence-corrected chi connectivity index (χ1v) is 6.50. The molecule has 1 N–H and O–H groups in total. The second kappa shape index (κ2) is 5.61. The first kappa shape index (κ1) is 15.1. The molecule has 6 heteroatoms. The smallest absolute Gasteiger partial charge is 0.406 e. The molecule has 2 rings (SSSR count). The second-order valence-corrected chi connectivity index (χ2v) is 5.23. The maximum Gasteiger partial charge on any atom is 0.573 e. The molecule has 0 bridgehead atoms. The average molecular weight is 289 g/mol. The van der Waals surface area contributed by atoms with Crippen LogP contribution in [0, 0.1) is 0 Å². The Kier molecular flexibility index (Phi) is 4.25. The van der Waals surface area contributed by atoms with E-state index in [-0.39, 0.29) is 17.4 Å². The minimum atomic E-state index is -4.65. The Morgan fingerprint density at radius 3 is 2.50 bits per heavy atom. The van der Waals surface area contributed by atoms with Gasteiger partial charge in [-0.2, -0.15) is 0 Å². The number of hydrogen-bond acceptors (Lipinski definition) is 3. The van der Waals surface area contributed by atoms with Gasteiger partial charge in [0, 0.05) is 18.7 Å². The van der Waals surface area contributed by atoms with Crippen molar-refractivity contribution in [1.82, 2.24) is 5.32 Å². The predicted octanol–water partition coefficient (Wildman–Crippen LogP) is 3.24. The Balaban J connectivity index is 1.91. The van der Waals surface area contributed by atoms with Gasteiger partial charge >= 0.3 is 6.36 Å². The number of hydrogen-bond donors (Lipinski definition) is 1. The molecule has 3 nitrogen and oxygen atoms in total. The Hall–Kier alpha value is -1.27. The summed E-state index contributed by atoms with van der Waals surface area (Å²) >= 11 is 0. The molecule has 0 amide bonds. The molecular formula is C14H18F3NO2. The summed E-state index contributed by atoms with van der Waals surface area (Å²) in [4.78, 5) is 0. The zero-order valence-corrected chi connectivity index (χ0v) is 11.5. The molecular weight excluding hydrogens is 271 g/mol. The summed E-state index contributed by atoms with van der Waals surface area (Å²) in [7, 11) is 0. The van der Waals surface area contributed by atoms with Crippen molar-refractivity contribution in [3.05, 3.63) is 29.8 Å². The molecule has 1 aromatic rings. The van der Waals surface area contributed by atoms with E-state index < -0.39 is 6.36 Å². The van der Waals surface area contributed by atoms with Crippen LogP contribution in [0.25, 0.3) is 0 Å². The largest absolute Gasteiger partial charge is 0.573 e. The van der Waals surface area contributed by atoms with Gasteiger partial charge in [-0.25, -0.2) is 0 Å². The Morgan fingerprint density at radius 1 is 1.35 bits per heavy atom. The first-order valence-electron chi connectivity index (χ1n) is 6.50. The second-order valence-electron chi connectivity index (χ2n) is 5.23. The van der Waals surface area contributed by atoms with Crippen LogP contribution in [-0.4, -0.2) is 24.6 Å². The highest BCUT2D eigenvalue weighted by Gasteiger charge is 2.36. The normalized spacial score (nSPS) is 26.8. The third-order valence-corrected chi connectivity index (χ3v) is 3.74. The predicted molar refractivity (Wildman–Crippen MR) is 68.4 cm³/mol. The topological polar surface area (TPSA) is 30.5 Å². The van der Waals surface area contributed by atoms with Gasteiger partial charge in [0.2, 0.25) is 0 Å². The summed E-state index contributed by atoms with van der Waals surface area (Å²) < 4.78 is 45.5. The van der Waals surface area contributed by atoms with E-state index >= 15 is 0 Å². The molecule has 1 saturated heterocycles. The van der Waals surface area contributed by atoms with E-state index in [0.29, 0.717) is 6.54 Å². The van der Waals surface area contributed by atoms with Crippen LogP contribution in [0.15, 0.2) is 24.3 Å². The van der Waals surface area contributed by atoms with Crippen molar-refractivity contribution in [2.75, 3.05) is 6.61 Å². The van der Waals surface area contributed by atoms with Crippen molar-refractivity contribution >= 4 is 0 Å². The highest BCUT2D eigenvalue weighted by molar-refractivity contribution is 5.27. The van der Waals surface area contributed by atoms with Gasteiger partial charge in [-0.15, -0.1) is 13.2 Å². The molecule has 1 heterocycles. The van der Waals surface area contributed by atoms with E-state index in [9.17, 15) is 13.2 Å². The molecule has 20 heavy (non-hydrogen) atoms. The van der Waals surface area contributed by atoms with Crippen molar-refractivity contribution < 1.29 is 22.6 Å². The third-order valence-electron chi connectivity index (χ3n) is 3.74. The van der Waals surface area contributed by atoms with Crippen LogP contribution in [-0.2, 0) is 11.3 Å². The lowest BCUT2D eigenvalue weighted by atomic mass is 9.94. The Bertz CT molecular complexity index is 447. The van der Waals surface area contributed by atoms with Gasteiger partial charge in [0.1, 0.15) is 5.75 Å². The molecule has 0 aliphatic carbocycles. The van der Waals surface area contributed by atoms with Gasteiger partial charge < -0.3 is 14.8 Å². The molecule has 1 fully saturated rings. The van der Waals surface area contributed by atoms with E-state index in [2.05, 4.69) is 17.0 Å². The van der Waals surface area contributed by atoms with Gasteiger partial charge in [-0.3, -0.25) is 0 Å². The fourth-order valence-corrected chi connectivity index (χ4v) is 2.18. The molecule has 2 unspecified atom stereocenters. The van der Waals surface area contributed by atoms with Gasteiger partial charge in [-0.05, 0) is 38.0 Å². The van der Waals surface area contributed by atoms with E-state index in [1.54, 1.807) is 12.1 Å². The highest BCUT2D eigenvalue weighted by Crippen LogP contribution is 2.26. The Labute approximate surface area is 116 Å². The summed E-state index contributed by atoms with van der Waals surface area (Å²) in [5.74, 6) is -0.204. The van der Waals surface area contributed by atoms with Crippen LogP contribution in [0.1, 0.15) is 25.8 Å². The number of benzene rings is 1. The van der Waals surface area contributed by atoms with Crippen LogP contribution >= 0.6 is 0 Å². The molecule has 112 valence electrons. The van der Waals surface area contributed by atoms with Crippen molar-refractivity contribution in [3.8, 4) is 5.75 Å². The number of ether oxygens (including phenoxy) is 2. The number of halogens is 3. The molecule has 1 aromatic carbocycles. The standard InChI is InChI=1S/C14H18F3NO2/c1-10-13(2,7-8-19-10)18-9-11-3-5-12(6-4-11)20-14(15,16)17/h3-6,10,18H,7-9H2,1-2H3. The minimum Gasteiger partial charge on any atom is -0.406 e. The summed E-state index contributed by atoms with van der Waals surface area (Å²) in [5, 5.41) is 3.40. The fourth-order valence-electron chi connectivity index (χ4n) is 2.18. The number of nitrogens with one attached hydrogen (secondary N) is 1. The van der Waals surface area contributed by atoms with E-state index in [1.165, 1.54) is 12.1 Å². The summed E-state index contributed by atoms with van der Waals surface area (Å²) in [6, 6.07) is 5.89. The average Bonchev–Trinajstić information content (AvgIpc) is 2.68. The van der Waals surface area contributed by atoms with E-state index in [0.717, 1.165) is 18.6 Å². The minimum absolute atomic E-state index is 0.0961. The SMILES string of the molecule is CC1OCCC1(C)NCc1ccc(OC(F)(F)F)cc1. The highest BCUT2D eigenvalue weighted by atomic mass is 19.4. The lowest BCUT2D eigenvalue weighted by molar-refractivity contribution is -0.274. The fraction of sp³-hybridized carbons (Fsp3) is 0.571. The lowest BCUT2D eigenvalue weighted by Crippen LogP contribution is -2.47. The van der Waals surface area contributed by atoms with Crippen LogP contribution in [0.5, 0.6) is 5.75 Å². The van der Waals surface area contributed by atoms with Gasteiger partial charge in [0.05, 0.1) is 6.10 Å². The van der Waals surface area contributed by atoms with Crippen LogP contribution in [0.2, 0.25) is 0 Å². The van der Waals surface area contributed by atoms with Crippen molar-refractivity contribution in [2.24, 2.45) is 0 Å². The van der Waals surface area contributed by atoms with E-state index in [1.807, 2.05) is 6.92 Å². The van der Waals surface area contributed by atoms with Crippen LogP contribution in [0.4, 0.5) is 13.2 Å². The zero-order valence-electron chi connectivity index (χ0n) is 11.5. The number of alkyl halides is 3. The molecule has 0 saturated carbocycles. The first-order chi connectivity index (χ1) is 9.28. The summed E-state index contributed by atoms with van der Waals surface area (Å²) in [6.07, 6.45) is -3.61. The summed E-state index contributed by atoms with van der Waals surface area (Å²) in [5.41, 5.74) is 0.807. The molecule has 0 radical (unpaired) electrons. The molecule has 1 aliphatic heterocycles. The monoisotopic (exact) mass is 289 g/mol. The summed E-state index contributed by atoms with van der Waals surface area (Å²) in [6.45, 7) is 5.41. The molecule has 1 aliphatic rings. The van der Waals surface area contributed by atoms with Gasteiger partial charge in [-0.1, -0.05) is 12.1 Å². The van der Waals surface area contributed by atoms with Gasteiger partial charge in [0.15, 0.2) is 0 Å². The van der Waals surface area contributed by atoms with E-state index in [4.69, 9.17) is 4.74 Å². The van der Waals surface area contributed by atoms with Crippen LogP contribution < -0.4 is 10.1 Å². The third kappa shape index (κ3) is 3.86. The van der Waals surface area contributed by atoms with Gasteiger partial charge in [0.25, 0.3) is 0 Å². The lowest BCUT2D eigenvalue weighted by Gasteiger charge is -2.29. The number of rotatable bonds is 4. The van der Waals surface area contributed by atoms with Crippen LogP contribution in [0.3, 0.4) is 0 Å². The Morgan fingerprint density at radius 2 is 2.00 bits per heavy atom. The van der Waals surface area contributed by atoms with Crippen molar-refractivity contribution in [3.63, 3.8) is 0 Å². The maximum absolute atomic E-state index is 12.0. The molecule has 0 aromatic heterocycles. The van der Waals surface area contributed by atoms with Crippen molar-refractivity contribution in [1.29, 1.82) is 0 Å². The van der Waals surface area contributed by atoms with Crippen molar-refractivity contribution in [2.45, 2.75) is 44.8 Å². The molecule has 2 atom stereocenters. The maximum atomic E-state index is 12.0.